The fourth-order valence-corrected chi connectivity index (χ4v) is 0.674. The highest BCUT2D eigenvalue weighted by Gasteiger charge is 1.74. The quantitative estimate of drug-likeness (QED) is 0.475. The van der Waals surface area contributed by atoms with Gasteiger partial charge in [-0.15, -0.1) is 0 Å². The molecule has 8 heavy (non-hydrogen) atoms. The van der Waals surface area contributed by atoms with Gasteiger partial charge in [0, 0.05) is 0 Å². The van der Waals surface area contributed by atoms with E-state index < -0.39 is 0 Å². The third-order valence-corrected chi connectivity index (χ3v) is 1.29. The van der Waals surface area contributed by atoms with E-state index in [0.717, 1.165) is 4.90 Å². The van der Waals surface area contributed by atoms with Gasteiger partial charge in [-0.2, -0.15) is 4.90 Å². The standard InChI is InChI=1S/C7H8S/c1-6-2-4-7(8)5-3-6/h2-5,8H,1H3/p-1. The van der Waals surface area contributed by atoms with Crippen molar-refractivity contribution in [3.05, 3.63) is 29.8 Å². The van der Waals surface area contributed by atoms with E-state index in [-0.39, 0.29) is 0 Å². The lowest BCUT2D eigenvalue weighted by molar-refractivity contribution is 1.38. The predicted octanol–water partition coefficient (Wildman–Crippen LogP) is 1.90. The van der Waals surface area contributed by atoms with Crippen molar-refractivity contribution < 1.29 is 0 Å². The first-order valence-electron chi connectivity index (χ1n) is 2.53. The maximum atomic E-state index is 4.87. The molecule has 0 spiro atoms. The van der Waals surface area contributed by atoms with Crippen molar-refractivity contribution in [2.24, 2.45) is 0 Å². The van der Waals surface area contributed by atoms with Crippen LogP contribution >= 0.6 is 0 Å². The number of hydrogen-bond donors (Lipinski definition) is 0. The summed E-state index contributed by atoms with van der Waals surface area (Å²) in [4.78, 5) is 0.913. The highest BCUT2D eigenvalue weighted by Crippen LogP contribution is 1.99. The summed E-state index contributed by atoms with van der Waals surface area (Å²) in [5.41, 5.74) is 1.26. The van der Waals surface area contributed by atoms with Crippen molar-refractivity contribution in [3.63, 3.8) is 0 Å². The second-order valence-corrected chi connectivity index (χ2v) is 2.28. The molecule has 0 aliphatic heterocycles. The molecule has 42 valence electrons. The maximum Gasteiger partial charge on any atom is -0.0398 e. The van der Waals surface area contributed by atoms with Gasteiger partial charge in [-0.3, -0.25) is 0 Å². The smallest absolute Gasteiger partial charge is 0.0398 e. The summed E-state index contributed by atoms with van der Waals surface area (Å²) in [7, 11) is 0. The lowest BCUT2D eigenvalue weighted by Gasteiger charge is -2.01. The molecule has 0 aliphatic rings. The van der Waals surface area contributed by atoms with Crippen molar-refractivity contribution >= 4 is 12.6 Å². The molecular formula is C7H7S-. The zero-order chi connectivity index (χ0) is 5.98. The molecule has 0 unspecified atom stereocenters. The Morgan fingerprint density at radius 1 is 1.12 bits per heavy atom. The highest BCUT2D eigenvalue weighted by molar-refractivity contribution is 7.58. The minimum atomic E-state index is 0.913. The van der Waals surface area contributed by atoms with Gasteiger partial charge in [-0.1, -0.05) is 29.8 Å². The van der Waals surface area contributed by atoms with Crippen molar-refractivity contribution in [2.45, 2.75) is 11.8 Å². The third kappa shape index (κ3) is 1.20. The van der Waals surface area contributed by atoms with Gasteiger partial charge >= 0.3 is 0 Å². The summed E-state index contributed by atoms with van der Waals surface area (Å²) in [6, 6.07) is 7.90. The first-order valence-corrected chi connectivity index (χ1v) is 2.93. The Kier molecular flexibility index (Phi) is 1.49. The summed E-state index contributed by atoms with van der Waals surface area (Å²) in [5, 5.41) is 0. The molecule has 0 atom stereocenters. The number of benzene rings is 1. The maximum absolute atomic E-state index is 4.87. The second kappa shape index (κ2) is 2.14. The van der Waals surface area contributed by atoms with Gasteiger partial charge in [0.15, 0.2) is 0 Å². The third-order valence-electron chi connectivity index (χ3n) is 1.02. The van der Waals surface area contributed by atoms with Crippen molar-refractivity contribution in [3.8, 4) is 0 Å². The molecule has 0 amide bonds. The van der Waals surface area contributed by atoms with E-state index in [2.05, 4.69) is 6.92 Å². The fraction of sp³-hybridized carbons (Fsp3) is 0.143. The van der Waals surface area contributed by atoms with Crippen LogP contribution in [0.2, 0.25) is 0 Å². The van der Waals surface area contributed by atoms with Crippen molar-refractivity contribution in [2.75, 3.05) is 0 Å². The Morgan fingerprint density at radius 3 is 2.00 bits per heavy atom. The molecule has 0 N–H and O–H groups in total. The molecule has 0 saturated carbocycles. The van der Waals surface area contributed by atoms with Crippen molar-refractivity contribution in [1.82, 2.24) is 0 Å². The van der Waals surface area contributed by atoms with Crippen LogP contribution in [0.1, 0.15) is 5.56 Å². The average molecular weight is 123 g/mol. The molecule has 1 heteroatoms. The Bertz CT molecular complexity index is 143. The molecule has 1 aromatic carbocycles. The largest absolute Gasteiger partial charge is 0.780 e. The Morgan fingerprint density at radius 2 is 1.62 bits per heavy atom. The first-order chi connectivity index (χ1) is 3.79. The van der Waals surface area contributed by atoms with Crippen LogP contribution in [0.15, 0.2) is 29.2 Å². The molecule has 0 fully saturated rings. The minimum absolute atomic E-state index is 0.913. The molecule has 0 aromatic heterocycles. The van der Waals surface area contributed by atoms with Crippen LogP contribution in [0.5, 0.6) is 0 Å². The Labute approximate surface area is 55.0 Å². The van der Waals surface area contributed by atoms with Gasteiger partial charge in [-0.05, 0) is 6.92 Å². The van der Waals surface area contributed by atoms with Crippen LogP contribution in [-0.4, -0.2) is 0 Å². The molecule has 0 radical (unpaired) electrons. The zero-order valence-corrected chi connectivity index (χ0v) is 5.53. The van der Waals surface area contributed by atoms with E-state index in [0.29, 0.717) is 0 Å². The number of rotatable bonds is 0. The number of aryl methyl sites for hydroxylation is 1. The summed E-state index contributed by atoms with van der Waals surface area (Å²) in [6.07, 6.45) is 0. The topological polar surface area (TPSA) is 0 Å². The zero-order valence-electron chi connectivity index (χ0n) is 4.72. The fourth-order valence-electron chi connectivity index (χ4n) is 0.538. The van der Waals surface area contributed by atoms with E-state index in [1.165, 1.54) is 5.56 Å². The predicted molar refractivity (Wildman–Crippen MR) is 36.8 cm³/mol. The van der Waals surface area contributed by atoms with Gasteiger partial charge in [0.2, 0.25) is 0 Å². The van der Waals surface area contributed by atoms with Gasteiger partial charge < -0.3 is 12.6 Å². The van der Waals surface area contributed by atoms with E-state index in [1.807, 2.05) is 24.3 Å². The highest BCUT2D eigenvalue weighted by atomic mass is 32.1. The second-order valence-electron chi connectivity index (χ2n) is 1.81. The van der Waals surface area contributed by atoms with E-state index in [9.17, 15) is 0 Å². The van der Waals surface area contributed by atoms with Crippen LogP contribution in [0.3, 0.4) is 0 Å². The average Bonchev–Trinajstić information content (AvgIpc) is 1.77. The van der Waals surface area contributed by atoms with E-state index in [4.69, 9.17) is 12.6 Å². The minimum Gasteiger partial charge on any atom is -0.780 e. The molecule has 0 nitrogen and oxygen atoms in total. The summed E-state index contributed by atoms with van der Waals surface area (Å²) in [5.74, 6) is 0. The summed E-state index contributed by atoms with van der Waals surface area (Å²) in [6.45, 7) is 2.05. The molecular weight excluding hydrogens is 116 g/mol. The van der Waals surface area contributed by atoms with Gasteiger partial charge in [0.25, 0.3) is 0 Å². The molecule has 1 aromatic rings. The molecule has 0 heterocycles. The summed E-state index contributed by atoms with van der Waals surface area (Å²) < 4.78 is 0. The lowest BCUT2D eigenvalue weighted by Crippen LogP contribution is -1.70. The molecule has 1 rings (SSSR count). The van der Waals surface area contributed by atoms with Crippen LogP contribution in [0, 0.1) is 6.92 Å². The van der Waals surface area contributed by atoms with Crippen molar-refractivity contribution in [1.29, 1.82) is 0 Å². The molecule has 0 saturated heterocycles. The SMILES string of the molecule is Cc1ccc([S-])cc1. The van der Waals surface area contributed by atoms with Crippen LogP contribution < -0.4 is 0 Å². The Balaban J connectivity index is 3.03. The lowest BCUT2D eigenvalue weighted by atomic mass is 10.2. The van der Waals surface area contributed by atoms with E-state index in [1.54, 1.807) is 0 Å². The van der Waals surface area contributed by atoms with Crippen LogP contribution in [0.25, 0.3) is 0 Å². The van der Waals surface area contributed by atoms with Crippen LogP contribution in [0.4, 0.5) is 0 Å². The molecule has 0 aliphatic carbocycles. The van der Waals surface area contributed by atoms with E-state index >= 15 is 0 Å². The number of hydrogen-bond acceptors (Lipinski definition) is 1. The molecule has 0 bridgehead atoms. The monoisotopic (exact) mass is 123 g/mol. The first kappa shape index (κ1) is 5.57. The Hall–Kier alpha value is -0.560. The normalized spacial score (nSPS) is 9.12. The van der Waals surface area contributed by atoms with Gasteiger partial charge in [0.05, 0.1) is 0 Å². The summed E-state index contributed by atoms with van der Waals surface area (Å²) >= 11 is 4.87. The van der Waals surface area contributed by atoms with Gasteiger partial charge in [-0.25, -0.2) is 0 Å². The van der Waals surface area contributed by atoms with Gasteiger partial charge in [0.1, 0.15) is 0 Å². The van der Waals surface area contributed by atoms with Crippen LogP contribution in [-0.2, 0) is 12.6 Å².